The summed E-state index contributed by atoms with van der Waals surface area (Å²) in [7, 11) is 3.73. The van der Waals surface area contributed by atoms with Gasteiger partial charge in [-0.15, -0.1) is 0 Å². The van der Waals surface area contributed by atoms with Crippen LogP contribution in [0.2, 0.25) is 0 Å². The number of aliphatic hydroxyl groups is 1. The molecule has 0 radical (unpaired) electrons. The highest BCUT2D eigenvalue weighted by molar-refractivity contribution is 5.31. The minimum atomic E-state index is -0.711. The van der Waals surface area contributed by atoms with Crippen LogP contribution in [-0.2, 0) is 5.60 Å². The van der Waals surface area contributed by atoms with Gasteiger partial charge in [0, 0.05) is 6.54 Å². The number of hydrogen-bond donors (Lipinski definition) is 1. The zero-order chi connectivity index (χ0) is 12.3. The predicted molar refractivity (Wildman–Crippen MR) is 68.2 cm³/mol. The molecule has 0 saturated carbocycles. The van der Waals surface area contributed by atoms with Crippen LogP contribution in [0.5, 0.6) is 5.75 Å². The van der Waals surface area contributed by atoms with E-state index in [0.29, 0.717) is 6.54 Å². The molecular formula is C14H21NO2. The number of hydrogen-bond acceptors (Lipinski definition) is 3. The average molecular weight is 235 g/mol. The predicted octanol–water partition coefficient (Wildman–Crippen LogP) is 2.00. The summed E-state index contributed by atoms with van der Waals surface area (Å²) < 4.78 is 5.14. The zero-order valence-electron chi connectivity index (χ0n) is 10.6. The van der Waals surface area contributed by atoms with Crippen molar-refractivity contribution in [3.63, 3.8) is 0 Å². The van der Waals surface area contributed by atoms with Gasteiger partial charge in [0.2, 0.25) is 0 Å². The number of β-amino-alcohol motifs (C(OH)–C–C–N with tert-alkyl or cyclic N) is 1. The van der Waals surface area contributed by atoms with Gasteiger partial charge in [0.15, 0.2) is 0 Å². The van der Waals surface area contributed by atoms with Gasteiger partial charge in [-0.2, -0.15) is 0 Å². The molecule has 1 unspecified atom stereocenters. The van der Waals surface area contributed by atoms with Crippen LogP contribution in [0.25, 0.3) is 0 Å². The Morgan fingerprint density at radius 1 is 1.24 bits per heavy atom. The summed E-state index contributed by atoms with van der Waals surface area (Å²) in [4.78, 5) is 2.21. The van der Waals surface area contributed by atoms with E-state index < -0.39 is 5.60 Å². The van der Waals surface area contributed by atoms with E-state index in [1.165, 1.54) is 0 Å². The first-order valence-corrected chi connectivity index (χ1v) is 6.19. The normalized spacial score (nSPS) is 26.5. The van der Waals surface area contributed by atoms with E-state index in [-0.39, 0.29) is 0 Å². The molecule has 1 aromatic carbocycles. The lowest BCUT2D eigenvalue weighted by atomic mass is 9.89. The Bertz CT molecular complexity index is 363. The largest absolute Gasteiger partial charge is 0.497 e. The van der Waals surface area contributed by atoms with E-state index >= 15 is 0 Å². The fourth-order valence-corrected chi connectivity index (χ4v) is 2.54. The molecule has 1 fully saturated rings. The first kappa shape index (κ1) is 12.4. The van der Waals surface area contributed by atoms with Crippen molar-refractivity contribution in [1.82, 2.24) is 4.90 Å². The topological polar surface area (TPSA) is 32.7 Å². The molecule has 1 aliphatic heterocycles. The van der Waals surface area contributed by atoms with Crippen molar-refractivity contribution in [2.24, 2.45) is 0 Å². The summed E-state index contributed by atoms with van der Waals surface area (Å²) in [6.07, 6.45) is 3.07. The molecule has 1 atom stereocenters. The quantitative estimate of drug-likeness (QED) is 0.851. The summed E-state index contributed by atoms with van der Waals surface area (Å²) in [5, 5.41) is 10.8. The maximum atomic E-state index is 10.8. The van der Waals surface area contributed by atoms with Gasteiger partial charge >= 0.3 is 0 Å². The number of likely N-dealkylation sites (N-methyl/N-ethyl adjacent to an activating group) is 1. The molecule has 0 spiro atoms. The molecular weight excluding hydrogens is 214 g/mol. The smallest absolute Gasteiger partial charge is 0.118 e. The molecule has 1 saturated heterocycles. The van der Waals surface area contributed by atoms with Crippen LogP contribution in [0.1, 0.15) is 24.8 Å². The highest BCUT2D eigenvalue weighted by Gasteiger charge is 2.32. The summed E-state index contributed by atoms with van der Waals surface area (Å²) in [6.45, 7) is 1.78. The summed E-state index contributed by atoms with van der Waals surface area (Å²) >= 11 is 0. The first-order valence-electron chi connectivity index (χ1n) is 6.19. The Morgan fingerprint density at radius 2 is 1.94 bits per heavy atom. The summed E-state index contributed by atoms with van der Waals surface area (Å²) in [5.74, 6) is 0.833. The second-order valence-corrected chi connectivity index (χ2v) is 4.95. The molecule has 0 aliphatic carbocycles. The third kappa shape index (κ3) is 2.79. The zero-order valence-corrected chi connectivity index (χ0v) is 10.6. The molecule has 0 aromatic heterocycles. The van der Waals surface area contributed by atoms with Crippen molar-refractivity contribution in [2.45, 2.75) is 24.9 Å². The Hall–Kier alpha value is -1.06. The maximum Gasteiger partial charge on any atom is 0.118 e. The maximum absolute atomic E-state index is 10.8. The van der Waals surface area contributed by atoms with Crippen molar-refractivity contribution in [1.29, 1.82) is 0 Å². The van der Waals surface area contributed by atoms with Gasteiger partial charge in [-0.05, 0) is 50.6 Å². The Labute approximate surface area is 103 Å². The van der Waals surface area contributed by atoms with Crippen LogP contribution in [0, 0.1) is 0 Å². The van der Waals surface area contributed by atoms with E-state index in [4.69, 9.17) is 4.74 Å². The highest BCUT2D eigenvalue weighted by Crippen LogP contribution is 2.31. The molecule has 2 rings (SSSR count). The van der Waals surface area contributed by atoms with E-state index in [9.17, 15) is 5.11 Å². The fourth-order valence-electron chi connectivity index (χ4n) is 2.54. The second-order valence-electron chi connectivity index (χ2n) is 4.95. The lowest BCUT2D eigenvalue weighted by Gasteiger charge is -2.30. The van der Waals surface area contributed by atoms with Gasteiger partial charge in [-0.1, -0.05) is 12.1 Å². The molecule has 17 heavy (non-hydrogen) atoms. The molecule has 1 N–H and O–H groups in total. The van der Waals surface area contributed by atoms with Gasteiger partial charge in [-0.25, -0.2) is 0 Å². The second kappa shape index (κ2) is 5.07. The molecule has 3 nitrogen and oxygen atoms in total. The van der Waals surface area contributed by atoms with E-state index in [1.54, 1.807) is 7.11 Å². The lowest BCUT2D eigenvalue weighted by molar-refractivity contribution is 0.00773. The van der Waals surface area contributed by atoms with Crippen LogP contribution >= 0.6 is 0 Å². The van der Waals surface area contributed by atoms with Gasteiger partial charge in [0.05, 0.1) is 7.11 Å². The van der Waals surface area contributed by atoms with Crippen molar-refractivity contribution in [3.05, 3.63) is 29.8 Å². The number of methoxy groups -OCH3 is 1. The Morgan fingerprint density at radius 3 is 2.59 bits per heavy atom. The number of ether oxygens (including phenoxy) is 1. The lowest BCUT2D eigenvalue weighted by Crippen LogP contribution is -2.37. The molecule has 1 aliphatic rings. The number of rotatable bonds is 2. The highest BCUT2D eigenvalue weighted by atomic mass is 16.5. The van der Waals surface area contributed by atoms with Crippen molar-refractivity contribution < 1.29 is 9.84 Å². The fraction of sp³-hybridized carbons (Fsp3) is 0.571. The molecule has 0 amide bonds. The van der Waals surface area contributed by atoms with Crippen molar-refractivity contribution in [2.75, 3.05) is 27.2 Å². The molecule has 1 aromatic rings. The van der Waals surface area contributed by atoms with E-state index in [2.05, 4.69) is 11.9 Å². The third-order valence-electron chi connectivity index (χ3n) is 3.54. The van der Waals surface area contributed by atoms with Gasteiger partial charge < -0.3 is 14.7 Å². The van der Waals surface area contributed by atoms with Crippen molar-refractivity contribution in [3.8, 4) is 5.75 Å². The average Bonchev–Trinajstić information content (AvgIpc) is 2.51. The van der Waals surface area contributed by atoms with Crippen molar-refractivity contribution >= 4 is 0 Å². The van der Waals surface area contributed by atoms with Gasteiger partial charge in [0.1, 0.15) is 11.4 Å². The number of likely N-dealkylation sites (tertiary alicyclic amines) is 1. The monoisotopic (exact) mass is 235 g/mol. The van der Waals surface area contributed by atoms with Gasteiger partial charge in [0.25, 0.3) is 0 Å². The first-order chi connectivity index (χ1) is 8.14. The minimum absolute atomic E-state index is 0.708. The standard InChI is InChI=1S/C14H21NO2/c1-15-10-4-3-9-14(16,11-15)12-5-7-13(17-2)8-6-12/h5-8,16H,3-4,9-11H2,1-2H3. The number of nitrogens with zero attached hydrogens (tertiary/aromatic N) is 1. The number of benzene rings is 1. The summed E-state index contributed by atoms with van der Waals surface area (Å²) in [5.41, 5.74) is 0.282. The molecule has 1 heterocycles. The molecule has 94 valence electrons. The minimum Gasteiger partial charge on any atom is -0.497 e. The molecule has 0 bridgehead atoms. The van der Waals surface area contributed by atoms with Crippen LogP contribution in [0.15, 0.2) is 24.3 Å². The SMILES string of the molecule is COc1ccc(C2(O)CCCCN(C)C2)cc1. The van der Waals surface area contributed by atoms with Crippen LogP contribution in [-0.4, -0.2) is 37.3 Å². The van der Waals surface area contributed by atoms with Gasteiger partial charge in [-0.3, -0.25) is 0 Å². The summed E-state index contributed by atoms with van der Waals surface area (Å²) in [6, 6.07) is 7.77. The van der Waals surface area contributed by atoms with Crippen LogP contribution < -0.4 is 4.74 Å². The van der Waals surface area contributed by atoms with Crippen LogP contribution in [0.4, 0.5) is 0 Å². The third-order valence-corrected chi connectivity index (χ3v) is 3.54. The van der Waals surface area contributed by atoms with Crippen LogP contribution in [0.3, 0.4) is 0 Å². The van der Waals surface area contributed by atoms with E-state index in [1.807, 2.05) is 24.3 Å². The van der Waals surface area contributed by atoms with E-state index in [0.717, 1.165) is 37.1 Å². The molecule has 3 heteroatoms. The Balaban J connectivity index is 2.22. The Kier molecular flexibility index (Phi) is 3.69.